The molecule has 0 saturated carbocycles. The van der Waals surface area contributed by atoms with Gasteiger partial charge in [-0.25, -0.2) is 14.7 Å². The van der Waals surface area contributed by atoms with Crippen LogP contribution >= 0.6 is 11.3 Å². The van der Waals surface area contributed by atoms with Gasteiger partial charge in [0.1, 0.15) is 0 Å². The molecule has 0 bridgehead atoms. The first kappa shape index (κ1) is 13.3. The molecule has 106 valence electrons. The summed E-state index contributed by atoms with van der Waals surface area (Å²) in [6.45, 7) is 4.93. The third kappa shape index (κ3) is 2.05. The summed E-state index contributed by atoms with van der Waals surface area (Å²) in [6.07, 6.45) is 0.145. The smallest absolute Gasteiger partial charge is 0.328 e. The summed E-state index contributed by atoms with van der Waals surface area (Å²) in [5.74, 6) is 0. The fraction of sp³-hybridized carbons (Fsp3) is 0.429. The van der Waals surface area contributed by atoms with E-state index in [-0.39, 0.29) is 6.03 Å². The van der Waals surface area contributed by atoms with E-state index in [1.807, 2.05) is 19.1 Å². The second-order valence-electron chi connectivity index (χ2n) is 4.82. The highest BCUT2D eigenvalue weighted by Gasteiger charge is 2.37. The number of nitrogens with zero attached hydrogens (tertiary/aromatic N) is 3. The number of hydrogen-bond donors (Lipinski definition) is 1. The number of thiazole rings is 1. The van der Waals surface area contributed by atoms with Gasteiger partial charge < -0.3 is 10.0 Å². The lowest BCUT2D eigenvalue weighted by Gasteiger charge is -2.15. The fourth-order valence-corrected chi connectivity index (χ4v) is 3.38. The molecule has 1 fully saturated rings. The number of aliphatic hydroxyl groups excluding tert-OH is 1. The minimum Gasteiger partial charge on any atom is -0.371 e. The minimum absolute atomic E-state index is 0.172. The molecule has 2 heterocycles. The molecule has 0 aliphatic carbocycles. The zero-order chi connectivity index (χ0) is 14.3. The number of rotatable bonds is 3. The van der Waals surface area contributed by atoms with E-state index in [2.05, 4.69) is 18.0 Å². The van der Waals surface area contributed by atoms with Crippen molar-refractivity contribution in [1.82, 2.24) is 9.88 Å². The number of carbonyl (C=O) groups excluding carboxylic acids is 1. The molecular formula is C14H17N3O2S. The van der Waals surface area contributed by atoms with Crippen molar-refractivity contribution in [2.24, 2.45) is 0 Å². The lowest BCUT2D eigenvalue weighted by molar-refractivity contribution is 0.179. The monoisotopic (exact) mass is 291 g/mol. The molecule has 1 aliphatic rings. The van der Waals surface area contributed by atoms with Crippen LogP contribution in [0.3, 0.4) is 0 Å². The van der Waals surface area contributed by atoms with E-state index in [0.29, 0.717) is 18.2 Å². The third-order valence-electron chi connectivity index (χ3n) is 3.60. The van der Waals surface area contributed by atoms with Crippen LogP contribution in [-0.4, -0.2) is 40.3 Å². The van der Waals surface area contributed by atoms with Crippen LogP contribution in [0.25, 0.3) is 10.2 Å². The van der Waals surface area contributed by atoms with Crippen molar-refractivity contribution in [3.05, 3.63) is 23.8 Å². The van der Waals surface area contributed by atoms with Crippen LogP contribution < -0.4 is 4.90 Å². The largest absolute Gasteiger partial charge is 0.371 e. The predicted molar refractivity (Wildman–Crippen MR) is 80.1 cm³/mol. The van der Waals surface area contributed by atoms with Gasteiger partial charge in [0.05, 0.1) is 16.8 Å². The van der Waals surface area contributed by atoms with Crippen molar-refractivity contribution in [2.75, 3.05) is 18.0 Å². The number of urea groups is 1. The zero-order valence-electron chi connectivity index (χ0n) is 11.5. The average Bonchev–Trinajstić information content (AvgIpc) is 2.98. The van der Waals surface area contributed by atoms with Gasteiger partial charge in [-0.1, -0.05) is 24.3 Å². The molecule has 0 radical (unpaired) electrons. The summed E-state index contributed by atoms with van der Waals surface area (Å²) in [4.78, 5) is 19.7. The topological polar surface area (TPSA) is 56.7 Å². The molecule has 0 spiro atoms. The van der Waals surface area contributed by atoms with E-state index in [4.69, 9.17) is 0 Å². The standard InChI is InChI=1S/C14H17N3O2S/c1-3-9-5-6-11-10(7-9)15-13(20-11)17-12(18)8-16(4-2)14(17)19/h5-7,12,18H,3-4,8H2,1-2H3. The van der Waals surface area contributed by atoms with E-state index in [1.165, 1.54) is 21.8 Å². The number of aliphatic hydroxyl groups is 1. The highest BCUT2D eigenvalue weighted by Crippen LogP contribution is 2.32. The Hall–Kier alpha value is -1.66. The third-order valence-corrected chi connectivity index (χ3v) is 4.63. The van der Waals surface area contributed by atoms with Crippen molar-refractivity contribution in [3.8, 4) is 0 Å². The van der Waals surface area contributed by atoms with Gasteiger partial charge in [-0.2, -0.15) is 0 Å². The molecule has 6 heteroatoms. The van der Waals surface area contributed by atoms with E-state index in [0.717, 1.165) is 16.6 Å². The lowest BCUT2D eigenvalue weighted by Crippen LogP contribution is -2.34. The van der Waals surface area contributed by atoms with Gasteiger partial charge in [0.2, 0.25) is 0 Å². The van der Waals surface area contributed by atoms with Crippen molar-refractivity contribution in [3.63, 3.8) is 0 Å². The number of amides is 2. The Balaban J connectivity index is 2.00. The minimum atomic E-state index is -0.811. The van der Waals surface area contributed by atoms with Crippen molar-refractivity contribution < 1.29 is 9.90 Å². The molecule has 1 aromatic carbocycles. The SMILES string of the molecule is CCc1ccc2sc(N3C(=O)N(CC)CC3O)nc2c1. The highest BCUT2D eigenvalue weighted by atomic mass is 32.1. The Labute approximate surface area is 121 Å². The Morgan fingerprint density at radius 2 is 2.25 bits per heavy atom. The second-order valence-corrected chi connectivity index (χ2v) is 5.83. The number of aromatic nitrogens is 1. The molecule has 2 amide bonds. The van der Waals surface area contributed by atoms with Crippen LogP contribution in [-0.2, 0) is 6.42 Å². The van der Waals surface area contributed by atoms with Gasteiger partial charge in [0, 0.05) is 6.54 Å². The average molecular weight is 291 g/mol. The van der Waals surface area contributed by atoms with Gasteiger partial charge >= 0.3 is 6.03 Å². The summed E-state index contributed by atoms with van der Waals surface area (Å²) in [7, 11) is 0. The molecule has 3 rings (SSSR count). The van der Waals surface area contributed by atoms with E-state index < -0.39 is 6.23 Å². The number of anilines is 1. The number of fused-ring (bicyclic) bond motifs is 1. The first-order valence-corrected chi connectivity index (χ1v) is 7.61. The van der Waals surface area contributed by atoms with Crippen molar-refractivity contribution in [1.29, 1.82) is 0 Å². The molecule has 2 aromatic rings. The van der Waals surface area contributed by atoms with Crippen LogP contribution in [0, 0.1) is 0 Å². The number of carbonyl (C=O) groups is 1. The molecule has 1 unspecified atom stereocenters. The summed E-state index contributed by atoms with van der Waals surface area (Å²) < 4.78 is 1.03. The van der Waals surface area contributed by atoms with Crippen molar-refractivity contribution >= 4 is 32.7 Å². The fourth-order valence-electron chi connectivity index (χ4n) is 2.39. The van der Waals surface area contributed by atoms with Crippen LogP contribution in [0.5, 0.6) is 0 Å². The van der Waals surface area contributed by atoms with Crippen LogP contribution in [0.15, 0.2) is 18.2 Å². The molecule has 5 nitrogen and oxygen atoms in total. The van der Waals surface area contributed by atoms with Gasteiger partial charge in [0.25, 0.3) is 0 Å². The summed E-state index contributed by atoms with van der Waals surface area (Å²) in [6, 6.07) is 5.97. The maximum absolute atomic E-state index is 12.2. The van der Waals surface area contributed by atoms with Crippen molar-refractivity contribution in [2.45, 2.75) is 26.5 Å². The lowest BCUT2D eigenvalue weighted by atomic mass is 10.2. The number of hydrogen-bond acceptors (Lipinski definition) is 4. The quantitative estimate of drug-likeness (QED) is 0.945. The Morgan fingerprint density at radius 1 is 1.45 bits per heavy atom. The molecule has 1 N–H and O–H groups in total. The molecule has 1 aliphatic heterocycles. The Bertz CT molecular complexity index is 655. The van der Waals surface area contributed by atoms with Gasteiger partial charge in [-0.15, -0.1) is 0 Å². The molecule has 1 saturated heterocycles. The summed E-state index contributed by atoms with van der Waals surface area (Å²) in [5, 5.41) is 10.6. The highest BCUT2D eigenvalue weighted by molar-refractivity contribution is 7.22. The number of benzene rings is 1. The molecule has 1 aromatic heterocycles. The summed E-state index contributed by atoms with van der Waals surface area (Å²) >= 11 is 1.44. The van der Waals surface area contributed by atoms with Crippen LogP contribution in [0.2, 0.25) is 0 Å². The molecular weight excluding hydrogens is 274 g/mol. The summed E-state index contributed by atoms with van der Waals surface area (Å²) in [5.41, 5.74) is 2.11. The van der Waals surface area contributed by atoms with E-state index in [9.17, 15) is 9.90 Å². The maximum Gasteiger partial charge on any atom is 0.328 e. The van der Waals surface area contributed by atoms with Gasteiger partial charge in [-0.05, 0) is 31.0 Å². The maximum atomic E-state index is 12.2. The first-order chi connectivity index (χ1) is 9.63. The van der Waals surface area contributed by atoms with Crippen LogP contribution in [0.4, 0.5) is 9.93 Å². The van der Waals surface area contributed by atoms with E-state index in [1.54, 1.807) is 4.90 Å². The van der Waals surface area contributed by atoms with Gasteiger partial charge in [0.15, 0.2) is 11.4 Å². The Morgan fingerprint density at radius 3 is 2.90 bits per heavy atom. The molecule has 20 heavy (non-hydrogen) atoms. The van der Waals surface area contributed by atoms with Crippen LogP contribution in [0.1, 0.15) is 19.4 Å². The number of likely N-dealkylation sites (N-methyl/N-ethyl adjacent to an activating group) is 1. The molecule has 1 atom stereocenters. The Kier molecular flexibility index (Phi) is 3.35. The van der Waals surface area contributed by atoms with Gasteiger partial charge in [-0.3, -0.25) is 0 Å². The predicted octanol–water partition coefficient (Wildman–Crippen LogP) is 2.44. The number of β-amino-alcohol motifs (C(OH)–C–C–N with tert-alkyl or cyclic N) is 1. The number of aryl methyl sites for hydroxylation is 1. The van der Waals surface area contributed by atoms with E-state index >= 15 is 0 Å². The second kappa shape index (κ2) is 5.03. The normalized spacial score (nSPS) is 19.4. The first-order valence-electron chi connectivity index (χ1n) is 6.79. The zero-order valence-corrected chi connectivity index (χ0v) is 12.4.